The number of nitrogens with zero attached hydrogens (tertiary/aromatic N) is 2. The number of aromatic nitrogens is 2. The molecule has 4 N–H and O–H groups in total. The zero-order valence-electron chi connectivity index (χ0n) is 18.6. The maximum absolute atomic E-state index is 11.1. The maximum Gasteiger partial charge on any atom is 0.335 e. The van der Waals surface area contributed by atoms with Crippen LogP contribution in [0.2, 0.25) is 5.02 Å². The van der Waals surface area contributed by atoms with E-state index in [0.29, 0.717) is 18.0 Å². The number of hydrogen-bond acceptors (Lipinski definition) is 5. The minimum absolute atomic E-state index is 0.259. The molecule has 0 atom stereocenters. The Morgan fingerprint density at radius 3 is 2.60 bits per heavy atom. The first kappa shape index (κ1) is 22.4. The molecule has 5 aromatic rings. The molecule has 8 heteroatoms. The lowest BCUT2D eigenvalue weighted by Gasteiger charge is -2.07. The van der Waals surface area contributed by atoms with Crippen LogP contribution in [0, 0.1) is 0 Å². The molecule has 0 saturated carbocycles. The summed E-state index contributed by atoms with van der Waals surface area (Å²) in [5.41, 5.74) is 8.85. The lowest BCUT2D eigenvalue weighted by molar-refractivity contribution is 0.0697. The summed E-state index contributed by atoms with van der Waals surface area (Å²) in [6, 6.07) is 22.1. The van der Waals surface area contributed by atoms with Gasteiger partial charge in [0.15, 0.2) is 0 Å². The van der Waals surface area contributed by atoms with Gasteiger partial charge in [-0.3, -0.25) is 10.4 Å². The number of para-hydroxylation sites is 1. The van der Waals surface area contributed by atoms with E-state index in [1.54, 1.807) is 24.3 Å². The van der Waals surface area contributed by atoms with E-state index in [-0.39, 0.29) is 5.56 Å². The number of pyridine rings is 1. The first-order chi connectivity index (χ1) is 17.1. The molecule has 0 amide bonds. The number of carboxylic acids is 1. The van der Waals surface area contributed by atoms with Crippen LogP contribution in [0.25, 0.3) is 21.8 Å². The highest BCUT2D eigenvalue weighted by Gasteiger charge is 2.13. The van der Waals surface area contributed by atoms with Crippen molar-refractivity contribution in [2.75, 3.05) is 17.3 Å². The molecule has 0 saturated heterocycles. The van der Waals surface area contributed by atoms with E-state index in [4.69, 9.17) is 16.7 Å². The number of aromatic amines is 1. The third-order valence-electron chi connectivity index (χ3n) is 5.72. The fourth-order valence-electron chi connectivity index (χ4n) is 3.98. The van der Waals surface area contributed by atoms with Gasteiger partial charge < -0.3 is 15.4 Å². The number of carboxylic acid groups (broad SMARTS) is 1. The number of benzene rings is 3. The first-order valence-corrected chi connectivity index (χ1v) is 11.5. The van der Waals surface area contributed by atoms with Gasteiger partial charge in [0.2, 0.25) is 0 Å². The van der Waals surface area contributed by atoms with Crippen LogP contribution in [0.1, 0.15) is 21.6 Å². The van der Waals surface area contributed by atoms with Gasteiger partial charge in [-0.15, -0.1) is 0 Å². The van der Waals surface area contributed by atoms with Crippen molar-refractivity contribution in [2.24, 2.45) is 5.10 Å². The topological polar surface area (TPSA) is 102 Å². The van der Waals surface area contributed by atoms with Gasteiger partial charge in [-0.1, -0.05) is 29.8 Å². The molecule has 0 aliphatic rings. The zero-order valence-corrected chi connectivity index (χ0v) is 19.4. The zero-order chi connectivity index (χ0) is 24.2. The SMILES string of the molecule is O=C(O)c1ccc(NCCc2[nH]c3c(cnc4cc(Cl)ccc43)c2/C=N/Nc2ccccc2)cc1. The molecule has 2 heterocycles. The highest BCUT2D eigenvalue weighted by molar-refractivity contribution is 6.31. The molecule has 0 aliphatic heterocycles. The summed E-state index contributed by atoms with van der Waals surface area (Å²) in [6.07, 6.45) is 4.35. The van der Waals surface area contributed by atoms with Crippen LogP contribution < -0.4 is 10.7 Å². The van der Waals surface area contributed by atoms with E-state index in [0.717, 1.165) is 44.4 Å². The number of fused-ring (bicyclic) bond motifs is 3. The fourth-order valence-corrected chi connectivity index (χ4v) is 4.14. The number of nitrogens with one attached hydrogen (secondary N) is 3. The number of hydrogen-bond donors (Lipinski definition) is 4. The number of anilines is 2. The largest absolute Gasteiger partial charge is 0.478 e. The number of aromatic carboxylic acids is 1. The third kappa shape index (κ3) is 4.95. The second kappa shape index (κ2) is 9.87. The molecule has 5 rings (SSSR count). The second-order valence-electron chi connectivity index (χ2n) is 8.02. The molecule has 174 valence electrons. The van der Waals surface area contributed by atoms with Crippen molar-refractivity contribution in [2.45, 2.75) is 6.42 Å². The van der Waals surface area contributed by atoms with Crippen molar-refractivity contribution in [1.29, 1.82) is 0 Å². The highest BCUT2D eigenvalue weighted by atomic mass is 35.5. The molecule has 0 fully saturated rings. The molecular weight excluding hydrogens is 462 g/mol. The Morgan fingerprint density at radius 1 is 1.03 bits per heavy atom. The van der Waals surface area contributed by atoms with Crippen molar-refractivity contribution < 1.29 is 9.90 Å². The predicted octanol–water partition coefficient (Wildman–Crippen LogP) is 6.17. The quantitative estimate of drug-likeness (QED) is 0.156. The molecule has 35 heavy (non-hydrogen) atoms. The van der Waals surface area contributed by atoms with Gasteiger partial charge in [-0.25, -0.2) is 4.79 Å². The van der Waals surface area contributed by atoms with E-state index in [1.165, 1.54) is 0 Å². The molecule has 2 aromatic heterocycles. The Kier molecular flexibility index (Phi) is 6.32. The molecular formula is C27H22ClN5O2. The van der Waals surface area contributed by atoms with E-state index in [2.05, 4.69) is 25.8 Å². The Balaban J connectivity index is 1.43. The lowest BCUT2D eigenvalue weighted by atomic mass is 10.1. The fraction of sp³-hybridized carbons (Fsp3) is 0.0741. The van der Waals surface area contributed by atoms with Crippen molar-refractivity contribution in [3.63, 3.8) is 0 Å². The Hall–Kier alpha value is -4.36. The third-order valence-corrected chi connectivity index (χ3v) is 5.95. The second-order valence-corrected chi connectivity index (χ2v) is 8.46. The minimum Gasteiger partial charge on any atom is -0.478 e. The van der Waals surface area contributed by atoms with Crippen LogP contribution in [0.5, 0.6) is 0 Å². The standard InChI is InChI=1S/C27H22ClN5O2/c28-18-8-11-21-25(14-18)30-15-23-22(16-31-33-20-4-2-1-3-5-20)24(32-26(21)23)12-13-29-19-9-6-17(7-10-19)27(34)35/h1-11,14-16,29,32-33H,12-13H2,(H,34,35)/b31-16+. The van der Waals surface area contributed by atoms with Gasteiger partial charge in [0.25, 0.3) is 0 Å². The maximum atomic E-state index is 11.1. The van der Waals surface area contributed by atoms with Crippen LogP contribution in [0.3, 0.4) is 0 Å². The van der Waals surface area contributed by atoms with Crippen molar-refractivity contribution in [3.05, 3.63) is 101 Å². The van der Waals surface area contributed by atoms with Gasteiger partial charge >= 0.3 is 5.97 Å². The van der Waals surface area contributed by atoms with Crippen LogP contribution >= 0.6 is 11.6 Å². The van der Waals surface area contributed by atoms with E-state index in [1.807, 2.05) is 60.9 Å². The predicted molar refractivity (Wildman–Crippen MR) is 142 cm³/mol. The van der Waals surface area contributed by atoms with E-state index >= 15 is 0 Å². The Labute approximate surface area is 206 Å². The normalized spacial score (nSPS) is 11.3. The molecule has 0 bridgehead atoms. The van der Waals surface area contributed by atoms with Crippen LogP contribution in [0.15, 0.2) is 84.1 Å². The summed E-state index contributed by atoms with van der Waals surface area (Å²) in [7, 11) is 0. The van der Waals surface area contributed by atoms with Crippen molar-refractivity contribution >= 4 is 57.0 Å². The molecule has 0 spiro atoms. The average molecular weight is 484 g/mol. The Bertz CT molecular complexity index is 1530. The minimum atomic E-state index is -0.940. The van der Waals surface area contributed by atoms with Gasteiger partial charge in [-0.2, -0.15) is 5.10 Å². The van der Waals surface area contributed by atoms with Crippen molar-refractivity contribution in [1.82, 2.24) is 9.97 Å². The summed E-state index contributed by atoms with van der Waals surface area (Å²) in [5, 5.41) is 19.5. The average Bonchev–Trinajstić information content (AvgIpc) is 3.22. The van der Waals surface area contributed by atoms with Gasteiger partial charge in [-0.05, 0) is 54.6 Å². The summed E-state index contributed by atoms with van der Waals surface area (Å²) in [5.74, 6) is -0.940. The number of H-pyrrole nitrogens is 1. The van der Waals surface area contributed by atoms with Crippen LogP contribution in [-0.4, -0.2) is 33.8 Å². The van der Waals surface area contributed by atoms with E-state index in [9.17, 15) is 4.79 Å². The molecule has 3 aromatic carbocycles. The van der Waals surface area contributed by atoms with E-state index < -0.39 is 5.97 Å². The molecule has 0 radical (unpaired) electrons. The number of halogens is 1. The van der Waals surface area contributed by atoms with Gasteiger partial charge in [0.05, 0.1) is 28.5 Å². The summed E-state index contributed by atoms with van der Waals surface area (Å²) < 4.78 is 0. The van der Waals surface area contributed by atoms with Gasteiger partial charge in [0, 0.05) is 51.9 Å². The van der Waals surface area contributed by atoms with Crippen molar-refractivity contribution in [3.8, 4) is 0 Å². The molecule has 0 unspecified atom stereocenters. The molecule has 7 nitrogen and oxygen atoms in total. The number of carbonyl (C=O) groups is 1. The Morgan fingerprint density at radius 2 is 1.83 bits per heavy atom. The monoisotopic (exact) mass is 483 g/mol. The van der Waals surface area contributed by atoms with Gasteiger partial charge in [0.1, 0.15) is 0 Å². The molecule has 0 aliphatic carbocycles. The smallest absolute Gasteiger partial charge is 0.335 e. The highest BCUT2D eigenvalue weighted by Crippen LogP contribution is 2.29. The van der Waals surface area contributed by atoms with Crippen LogP contribution in [0.4, 0.5) is 11.4 Å². The summed E-state index contributed by atoms with van der Waals surface area (Å²) >= 11 is 6.17. The van der Waals surface area contributed by atoms with Crippen LogP contribution in [-0.2, 0) is 6.42 Å². The summed E-state index contributed by atoms with van der Waals surface area (Å²) in [6.45, 7) is 0.642. The number of rotatable bonds is 8. The lowest BCUT2D eigenvalue weighted by Crippen LogP contribution is -2.07. The summed E-state index contributed by atoms with van der Waals surface area (Å²) in [4.78, 5) is 19.2. The number of hydrazone groups is 1. The first-order valence-electron chi connectivity index (χ1n) is 11.1.